The molecule has 0 bridgehead atoms. The van der Waals surface area contributed by atoms with Crippen LogP contribution in [0.15, 0.2) is 5.10 Å². The van der Waals surface area contributed by atoms with Crippen LogP contribution in [-0.2, 0) is 0 Å². The van der Waals surface area contributed by atoms with Crippen LogP contribution in [0, 0.1) is 0 Å². The van der Waals surface area contributed by atoms with Crippen molar-refractivity contribution >= 4 is 23.0 Å². The van der Waals surface area contributed by atoms with Crippen molar-refractivity contribution in [3.8, 4) is 0 Å². The van der Waals surface area contributed by atoms with Gasteiger partial charge in [0, 0.05) is 20.6 Å². The molecular weight excluding hydrogens is 248 g/mol. The van der Waals surface area contributed by atoms with Crippen molar-refractivity contribution in [1.29, 1.82) is 0 Å². The summed E-state index contributed by atoms with van der Waals surface area (Å²) in [5.74, 6) is 0. The fourth-order valence-electron chi connectivity index (χ4n) is 1.79. The predicted octanol–water partition coefficient (Wildman–Crippen LogP) is 2.50. The molecule has 0 aliphatic carbocycles. The quantitative estimate of drug-likeness (QED) is 0.782. The minimum absolute atomic E-state index is 0.119. The van der Waals surface area contributed by atoms with Crippen LogP contribution in [0.2, 0.25) is 0 Å². The monoisotopic (exact) mass is 272 g/mol. The van der Waals surface area contributed by atoms with Crippen molar-refractivity contribution in [3.63, 3.8) is 0 Å². The van der Waals surface area contributed by atoms with Gasteiger partial charge in [-0.25, -0.2) is 4.79 Å². The summed E-state index contributed by atoms with van der Waals surface area (Å²) >= 11 is 1.67. The van der Waals surface area contributed by atoms with E-state index in [1.54, 1.807) is 30.8 Å². The van der Waals surface area contributed by atoms with Crippen molar-refractivity contribution in [1.82, 2.24) is 15.2 Å². The lowest BCUT2D eigenvalue weighted by Crippen LogP contribution is -2.37. The number of carbonyl (C=O) groups excluding carboxylic acids is 1. The molecule has 6 heteroatoms. The molecule has 2 amide bonds. The number of amides is 2. The number of urea groups is 1. The van der Waals surface area contributed by atoms with Gasteiger partial charge in [0.15, 0.2) is 5.17 Å². The number of hydrazone groups is 1. The summed E-state index contributed by atoms with van der Waals surface area (Å²) < 4.78 is 0. The van der Waals surface area contributed by atoms with Gasteiger partial charge in [-0.1, -0.05) is 38.5 Å². The Bertz CT molecular complexity index is 308. The van der Waals surface area contributed by atoms with Crippen LogP contribution in [0.1, 0.15) is 39.5 Å². The van der Waals surface area contributed by atoms with Gasteiger partial charge in [0.25, 0.3) is 0 Å². The second-order valence-electron chi connectivity index (χ2n) is 4.35. The lowest BCUT2D eigenvalue weighted by atomic mass is 10.2. The molecule has 1 atom stereocenters. The van der Waals surface area contributed by atoms with Gasteiger partial charge in [0.2, 0.25) is 0 Å². The molecule has 0 saturated carbocycles. The first-order chi connectivity index (χ1) is 8.63. The Morgan fingerprint density at radius 1 is 1.50 bits per heavy atom. The maximum Gasteiger partial charge on any atom is 0.322 e. The summed E-state index contributed by atoms with van der Waals surface area (Å²) in [4.78, 5) is 13.1. The Morgan fingerprint density at radius 2 is 2.22 bits per heavy atom. The summed E-state index contributed by atoms with van der Waals surface area (Å²) in [5.41, 5.74) is 0. The van der Waals surface area contributed by atoms with Crippen molar-refractivity contribution in [2.24, 2.45) is 5.10 Å². The molecule has 1 rings (SSSR count). The van der Waals surface area contributed by atoms with Crippen LogP contribution in [-0.4, -0.2) is 47.1 Å². The van der Waals surface area contributed by atoms with E-state index in [1.165, 1.54) is 12.8 Å². The number of hydrogen-bond donors (Lipinski definition) is 1. The Balaban J connectivity index is 2.60. The predicted molar refractivity (Wildman–Crippen MR) is 77.6 cm³/mol. The number of nitrogens with one attached hydrogen (secondary N) is 1. The minimum atomic E-state index is -0.119. The number of rotatable bonds is 5. The van der Waals surface area contributed by atoms with Crippen molar-refractivity contribution < 1.29 is 4.79 Å². The summed E-state index contributed by atoms with van der Waals surface area (Å²) in [6, 6.07) is -0.119. The van der Waals surface area contributed by atoms with Gasteiger partial charge >= 0.3 is 6.03 Å². The molecule has 1 aliphatic heterocycles. The van der Waals surface area contributed by atoms with Crippen LogP contribution in [0.5, 0.6) is 0 Å². The van der Waals surface area contributed by atoms with Gasteiger partial charge in [0.1, 0.15) is 0 Å². The van der Waals surface area contributed by atoms with Crippen molar-refractivity contribution in [2.75, 3.05) is 20.6 Å². The molecule has 1 unspecified atom stereocenters. The maximum atomic E-state index is 11.6. The number of carbonyl (C=O) groups is 1. The summed E-state index contributed by atoms with van der Waals surface area (Å²) in [6.07, 6.45) is 4.64. The van der Waals surface area contributed by atoms with E-state index in [1.807, 2.05) is 0 Å². The molecule has 0 aromatic heterocycles. The molecule has 0 saturated heterocycles. The third kappa shape index (κ3) is 3.80. The molecule has 104 valence electrons. The van der Waals surface area contributed by atoms with E-state index >= 15 is 0 Å². The van der Waals surface area contributed by atoms with Gasteiger partial charge in [-0.3, -0.25) is 9.91 Å². The Kier molecular flexibility index (Phi) is 6.32. The molecular formula is C12H24N4OS. The largest absolute Gasteiger partial charge is 0.341 e. The van der Waals surface area contributed by atoms with Crippen molar-refractivity contribution in [2.45, 2.75) is 44.9 Å². The summed E-state index contributed by atoms with van der Waals surface area (Å²) in [6.45, 7) is 5.33. The fraction of sp³-hybridized carbons (Fsp3) is 0.833. The number of thioether (sulfide) groups is 1. The summed E-state index contributed by atoms with van der Waals surface area (Å²) in [5, 5.41) is 10.4. The highest BCUT2D eigenvalue weighted by atomic mass is 32.2. The number of unbranched alkanes of at least 4 members (excludes halogenated alkanes) is 2. The summed E-state index contributed by atoms with van der Waals surface area (Å²) in [7, 11) is 3.39. The molecule has 5 nitrogen and oxygen atoms in total. The van der Waals surface area contributed by atoms with Crippen LogP contribution in [0.25, 0.3) is 0 Å². The van der Waals surface area contributed by atoms with Crippen LogP contribution in [0.3, 0.4) is 0 Å². The molecule has 18 heavy (non-hydrogen) atoms. The van der Waals surface area contributed by atoms with Gasteiger partial charge in [-0.15, -0.1) is 0 Å². The average Bonchev–Trinajstić information content (AvgIpc) is 2.80. The number of nitrogens with zero attached hydrogens (tertiary/aromatic N) is 3. The topological polar surface area (TPSA) is 47.9 Å². The van der Waals surface area contributed by atoms with Gasteiger partial charge < -0.3 is 5.32 Å². The normalized spacial score (nSPS) is 18.8. The smallest absolute Gasteiger partial charge is 0.322 e. The number of hydrogen-bond acceptors (Lipinski definition) is 4. The lowest BCUT2D eigenvalue weighted by molar-refractivity contribution is 0.227. The third-order valence-electron chi connectivity index (χ3n) is 2.93. The van der Waals surface area contributed by atoms with E-state index in [-0.39, 0.29) is 6.03 Å². The molecule has 0 aromatic rings. The van der Waals surface area contributed by atoms with Gasteiger partial charge in [-0.2, -0.15) is 5.10 Å². The zero-order valence-corrected chi connectivity index (χ0v) is 12.6. The first-order valence-electron chi connectivity index (χ1n) is 6.61. The van der Waals surface area contributed by atoms with E-state index in [0.29, 0.717) is 5.37 Å². The zero-order valence-electron chi connectivity index (χ0n) is 11.8. The third-order valence-corrected chi connectivity index (χ3v) is 4.35. The molecule has 0 radical (unpaired) electrons. The second-order valence-corrected chi connectivity index (χ2v) is 5.49. The Hall–Kier alpha value is -0.910. The minimum Gasteiger partial charge on any atom is -0.341 e. The molecule has 1 aliphatic rings. The number of amidine groups is 1. The zero-order chi connectivity index (χ0) is 13.5. The highest BCUT2D eigenvalue weighted by Gasteiger charge is 2.29. The van der Waals surface area contributed by atoms with E-state index < -0.39 is 0 Å². The van der Waals surface area contributed by atoms with E-state index in [4.69, 9.17) is 0 Å². The average molecular weight is 272 g/mol. The molecule has 0 fully saturated rings. The van der Waals surface area contributed by atoms with Gasteiger partial charge in [0.05, 0.1) is 5.37 Å². The lowest BCUT2D eigenvalue weighted by Gasteiger charge is -2.20. The van der Waals surface area contributed by atoms with Crippen LogP contribution >= 0.6 is 11.8 Å². The van der Waals surface area contributed by atoms with E-state index in [0.717, 1.165) is 24.6 Å². The second kappa shape index (κ2) is 7.51. The SMILES string of the molecule is CCCCCN1N=C(N(C)C(=O)NC)SC1CC. The molecule has 0 aromatic carbocycles. The Labute approximate surface area is 114 Å². The fourth-order valence-corrected chi connectivity index (χ4v) is 2.87. The highest BCUT2D eigenvalue weighted by molar-refractivity contribution is 8.14. The highest BCUT2D eigenvalue weighted by Crippen LogP contribution is 2.29. The maximum absolute atomic E-state index is 11.6. The van der Waals surface area contributed by atoms with Crippen LogP contribution in [0.4, 0.5) is 4.79 Å². The Morgan fingerprint density at radius 3 is 2.78 bits per heavy atom. The standard InChI is InChI=1S/C12H24N4OS/c1-5-7-8-9-16-10(6-2)18-12(14-16)15(4)11(17)13-3/h10H,5-9H2,1-4H3,(H,13,17). The molecule has 1 heterocycles. The van der Waals surface area contributed by atoms with E-state index in [9.17, 15) is 4.79 Å². The van der Waals surface area contributed by atoms with Crippen LogP contribution < -0.4 is 5.32 Å². The van der Waals surface area contributed by atoms with E-state index in [2.05, 4.69) is 29.3 Å². The first-order valence-corrected chi connectivity index (χ1v) is 7.49. The van der Waals surface area contributed by atoms with Gasteiger partial charge in [-0.05, 0) is 12.8 Å². The van der Waals surface area contributed by atoms with Crippen molar-refractivity contribution in [3.05, 3.63) is 0 Å². The molecule has 1 N–H and O–H groups in total. The first kappa shape index (κ1) is 15.1. The molecule has 0 spiro atoms.